The maximum Gasteiger partial charge on any atom is 0.407 e. The molecule has 1 aromatic rings. The highest BCUT2D eigenvalue weighted by molar-refractivity contribution is 5.96. The first kappa shape index (κ1) is 27.0. The van der Waals surface area contributed by atoms with Crippen LogP contribution in [-0.2, 0) is 9.53 Å². The van der Waals surface area contributed by atoms with Crippen LogP contribution in [0.25, 0.3) is 6.20 Å². The predicted octanol–water partition coefficient (Wildman–Crippen LogP) is 3.34. The fraction of sp³-hybridized carbons (Fsp3) is 0.704. The molecule has 1 heterocycles. The van der Waals surface area contributed by atoms with E-state index in [1.54, 1.807) is 19.2 Å². The Bertz CT molecular complexity index is 1050. The lowest BCUT2D eigenvalue weighted by Gasteiger charge is -2.60. The minimum absolute atomic E-state index is 0.0277. The molecule has 4 bridgehead atoms. The van der Waals surface area contributed by atoms with Gasteiger partial charge in [0.25, 0.3) is 5.91 Å². The molecule has 4 aliphatic carbocycles. The fourth-order valence-electron chi connectivity index (χ4n) is 6.63. The molecule has 2 atom stereocenters. The number of nitrogens with zero attached hydrogens (tertiary/aromatic N) is 2. The largest absolute Gasteiger partial charge is 0.477 e. The first-order valence-electron chi connectivity index (χ1n) is 13.3. The molecule has 37 heavy (non-hydrogen) atoms. The second-order valence-electron chi connectivity index (χ2n) is 12.1. The summed E-state index contributed by atoms with van der Waals surface area (Å²) in [7, 11) is 1.31. The van der Waals surface area contributed by atoms with Crippen molar-refractivity contribution in [3.05, 3.63) is 17.8 Å². The molecule has 3 N–H and O–H groups in total. The van der Waals surface area contributed by atoms with Gasteiger partial charge in [0.1, 0.15) is 5.56 Å². The van der Waals surface area contributed by atoms with Gasteiger partial charge in [0.05, 0.1) is 25.5 Å². The smallest absolute Gasteiger partial charge is 0.407 e. The van der Waals surface area contributed by atoms with Gasteiger partial charge in [0.2, 0.25) is 11.8 Å². The third-order valence-electron chi connectivity index (χ3n) is 7.80. The zero-order valence-corrected chi connectivity index (χ0v) is 22.8. The standard InChI is InChI=1S/C27H41N5O5/c1-16(2)15-37-24-21(14-28-32(24)8-7-26(4,5)31-25(35)36-6)23(34)29-22-19-9-18-10-20(22)13-27(11-18,12-19)30-17(3)33/h7-8,14,16,18-20,22H,9-13,15H2,1-6H3,(H,29,34)(H,30,33)(H,31,35)/b8-7+. The van der Waals surface area contributed by atoms with Crippen molar-refractivity contribution in [2.45, 2.75) is 83.8 Å². The maximum absolute atomic E-state index is 13.5. The number of carbonyl (C=O) groups excluding carboxylic acids is 3. The number of hydrogen-bond acceptors (Lipinski definition) is 6. The van der Waals surface area contributed by atoms with Crippen molar-refractivity contribution in [3.63, 3.8) is 0 Å². The van der Waals surface area contributed by atoms with Crippen molar-refractivity contribution in [1.82, 2.24) is 25.7 Å². The number of rotatable bonds is 9. The summed E-state index contributed by atoms with van der Waals surface area (Å²) in [6.45, 7) is 9.76. The van der Waals surface area contributed by atoms with Crippen LogP contribution in [0.4, 0.5) is 4.79 Å². The summed E-state index contributed by atoms with van der Waals surface area (Å²) in [5.41, 5.74) is -0.439. The molecule has 0 saturated heterocycles. The number of aromatic nitrogens is 2. The Morgan fingerprint density at radius 3 is 2.49 bits per heavy atom. The second kappa shape index (κ2) is 10.4. The number of ether oxygens (including phenoxy) is 2. The number of carbonyl (C=O) groups is 3. The van der Waals surface area contributed by atoms with E-state index in [1.165, 1.54) is 18.0 Å². The van der Waals surface area contributed by atoms with Crippen LogP contribution in [0.2, 0.25) is 0 Å². The highest BCUT2D eigenvalue weighted by Crippen LogP contribution is 2.55. The summed E-state index contributed by atoms with van der Waals surface area (Å²) in [5, 5.41) is 13.7. The molecule has 4 saturated carbocycles. The molecule has 4 fully saturated rings. The van der Waals surface area contributed by atoms with Crippen molar-refractivity contribution in [1.29, 1.82) is 0 Å². The first-order valence-corrected chi connectivity index (χ1v) is 13.3. The zero-order valence-electron chi connectivity index (χ0n) is 22.8. The van der Waals surface area contributed by atoms with Gasteiger partial charge in [0.15, 0.2) is 0 Å². The fourth-order valence-corrected chi connectivity index (χ4v) is 6.63. The average molecular weight is 516 g/mol. The van der Waals surface area contributed by atoms with E-state index in [4.69, 9.17) is 9.47 Å². The van der Waals surface area contributed by atoms with E-state index >= 15 is 0 Å². The van der Waals surface area contributed by atoms with E-state index in [0.717, 1.165) is 32.1 Å². The number of nitrogens with one attached hydrogen (secondary N) is 3. The Kier molecular flexibility index (Phi) is 7.57. The normalized spacial score (nSPS) is 28.4. The molecule has 4 aliphatic rings. The van der Waals surface area contributed by atoms with Crippen LogP contribution >= 0.6 is 0 Å². The van der Waals surface area contributed by atoms with Crippen LogP contribution in [-0.4, -0.2) is 58.5 Å². The Hall–Kier alpha value is -3.04. The Balaban J connectivity index is 1.51. The molecule has 1 aromatic heterocycles. The molecule has 10 heteroatoms. The molecular weight excluding hydrogens is 474 g/mol. The number of methoxy groups -OCH3 is 1. The Morgan fingerprint density at radius 2 is 1.89 bits per heavy atom. The van der Waals surface area contributed by atoms with Crippen molar-refractivity contribution < 1.29 is 23.9 Å². The minimum Gasteiger partial charge on any atom is -0.477 e. The first-order chi connectivity index (χ1) is 17.4. The van der Waals surface area contributed by atoms with Gasteiger partial charge in [-0.15, -0.1) is 0 Å². The lowest BCUT2D eigenvalue weighted by molar-refractivity contribution is -0.125. The summed E-state index contributed by atoms with van der Waals surface area (Å²) < 4.78 is 12.3. The van der Waals surface area contributed by atoms with E-state index in [-0.39, 0.29) is 29.3 Å². The lowest BCUT2D eigenvalue weighted by atomic mass is 9.51. The van der Waals surface area contributed by atoms with Gasteiger partial charge in [-0.1, -0.05) is 13.8 Å². The molecular formula is C27H41N5O5. The number of alkyl carbamates (subject to hydrolysis) is 1. The third kappa shape index (κ3) is 6.10. The van der Waals surface area contributed by atoms with E-state index in [9.17, 15) is 14.4 Å². The second-order valence-corrected chi connectivity index (χ2v) is 12.1. The monoisotopic (exact) mass is 515 g/mol. The van der Waals surface area contributed by atoms with Crippen LogP contribution in [0.3, 0.4) is 0 Å². The highest BCUT2D eigenvalue weighted by atomic mass is 16.5. The maximum atomic E-state index is 13.5. The van der Waals surface area contributed by atoms with Gasteiger partial charge in [-0.2, -0.15) is 5.10 Å². The van der Waals surface area contributed by atoms with Gasteiger partial charge >= 0.3 is 6.09 Å². The number of amides is 3. The van der Waals surface area contributed by atoms with Crippen molar-refractivity contribution in [2.75, 3.05) is 13.7 Å². The van der Waals surface area contributed by atoms with Crippen LogP contribution in [0, 0.1) is 23.7 Å². The minimum atomic E-state index is -0.707. The van der Waals surface area contributed by atoms with E-state index in [1.807, 2.05) is 27.7 Å². The van der Waals surface area contributed by atoms with Crippen LogP contribution < -0.4 is 20.7 Å². The summed E-state index contributed by atoms with van der Waals surface area (Å²) in [6.07, 6.45) is 9.48. The molecule has 0 aromatic carbocycles. The molecule has 0 aliphatic heterocycles. The molecule has 204 valence electrons. The van der Waals surface area contributed by atoms with Crippen LogP contribution in [0.5, 0.6) is 5.88 Å². The van der Waals surface area contributed by atoms with Gasteiger partial charge in [-0.05, 0) is 75.7 Å². The topological polar surface area (TPSA) is 124 Å². The average Bonchev–Trinajstić information content (AvgIpc) is 3.20. The van der Waals surface area contributed by atoms with Gasteiger partial charge in [-0.25, -0.2) is 9.48 Å². The summed E-state index contributed by atoms with van der Waals surface area (Å²) >= 11 is 0. The molecule has 5 rings (SSSR count). The molecule has 2 unspecified atom stereocenters. The lowest BCUT2D eigenvalue weighted by Crippen LogP contribution is -2.66. The van der Waals surface area contributed by atoms with Gasteiger partial charge in [0, 0.05) is 24.7 Å². The summed E-state index contributed by atoms with van der Waals surface area (Å²) in [4.78, 5) is 37.1. The van der Waals surface area contributed by atoms with E-state index < -0.39 is 11.6 Å². The quantitative estimate of drug-likeness (QED) is 0.464. The molecule has 0 radical (unpaired) electrons. The molecule has 10 nitrogen and oxygen atoms in total. The summed E-state index contributed by atoms with van der Waals surface area (Å²) in [6, 6.07) is 0.0750. The van der Waals surface area contributed by atoms with Crippen LogP contribution in [0.1, 0.15) is 77.1 Å². The SMILES string of the molecule is COC(=O)NC(C)(C)/C=C/n1ncc(C(=O)NC2C3CC4CC2CC(NC(C)=O)(C4)C3)c1OCC(C)C. The van der Waals surface area contributed by atoms with E-state index in [0.29, 0.717) is 35.8 Å². The van der Waals surface area contributed by atoms with Crippen LogP contribution in [0.15, 0.2) is 12.3 Å². The summed E-state index contributed by atoms with van der Waals surface area (Å²) in [5.74, 6) is 1.77. The van der Waals surface area contributed by atoms with Crippen molar-refractivity contribution in [2.24, 2.45) is 23.7 Å². The van der Waals surface area contributed by atoms with Crippen molar-refractivity contribution >= 4 is 24.1 Å². The van der Waals surface area contributed by atoms with Gasteiger partial charge < -0.3 is 25.4 Å². The Labute approximate surface area is 218 Å². The van der Waals surface area contributed by atoms with Gasteiger partial charge in [-0.3, -0.25) is 9.59 Å². The predicted molar refractivity (Wildman–Crippen MR) is 139 cm³/mol. The zero-order chi connectivity index (χ0) is 27.0. The molecule has 3 amide bonds. The molecule has 0 spiro atoms. The highest BCUT2D eigenvalue weighted by Gasteiger charge is 2.56. The van der Waals surface area contributed by atoms with E-state index in [2.05, 4.69) is 21.0 Å². The van der Waals surface area contributed by atoms with Crippen molar-refractivity contribution in [3.8, 4) is 5.88 Å². The Morgan fingerprint density at radius 1 is 1.22 bits per heavy atom. The number of hydrogen-bond donors (Lipinski definition) is 3. The third-order valence-corrected chi connectivity index (χ3v) is 7.80.